The Morgan fingerprint density at radius 2 is 1.03 bits per heavy atom. The largest absolute Gasteiger partial charge is 0.431 e. The molecule has 1 N–H and O–H groups in total. The van der Waals surface area contributed by atoms with Gasteiger partial charge in [-0.2, -0.15) is 64.4 Å². The SMILES string of the molecule is OC(COCCCCC(F)(C(F)(F)F)C(F)(F)F)CSCCC(F)(C(F)(F)F)C(F)(F)F. The van der Waals surface area contributed by atoms with E-state index >= 15 is 0 Å². The summed E-state index contributed by atoms with van der Waals surface area (Å²) in [5.41, 5.74) is -10.8. The smallest absolute Gasteiger partial charge is 0.390 e. The molecule has 0 bridgehead atoms. The van der Waals surface area contributed by atoms with E-state index in [-0.39, 0.29) is 0 Å². The van der Waals surface area contributed by atoms with Crippen LogP contribution >= 0.6 is 11.8 Å². The number of hydrogen-bond acceptors (Lipinski definition) is 3. The average Bonchev–Trinajstić information content (AvgIpc) is 2.57. The third-order valence-corrected chi connectivity index (χ3v) is 5.18. The van der Waals surface area contributed by atoms with Crippen LogP contribution in [-0.4, -0.2) is 72.0 Å². The number of unbranched alkanes of at least 4 members (excludes halogenated alkanes) is 1. The number of hydrogen-bond donors (Lipinski definition) is 1. The molecule has 0 heterocycles. The van der Waals surface area contributed by atoms with Gasteiger partial charge in [-0.1, -0.05) is 0 Å². The van der Waals surface area contributed by atoms with E-state index in [1.165, 1.54) is 0 Å². The Morgan fingerprint density at radius 1 is 0.625 bits per heavy atom. The average molecular weight is 528 g/mol. The van der Waals surface area contributed by atoms with Crippen LogP contribution in [0, 0.1) is 0 Å². The summed E-state index contributed by atoms with van der Waals surface area (Å²) < 4.78 is 179. The van der Waals surface area contributed by atoms with Crippen LogP contribution in [0.2, 0.25) is 0 Å². The Balaban J connectivity index is 4.27. The van der Waals surface area contributed by atoms with Gasteiger partial charge in [0.1, 0.15) is 0 Å². The Kier molecular flexibility index (Phi) is 10.9. The zero-order valence-electron chi connectivity index (χ0n) is 15.8. The van der Waals surface area contributed by atoms with Gasteiger partial charge in [-0.15, -0.1) is 0 Å². The summed E-state index contributed by atoms with van der Waals surface area (Å²) in [4.78, 5) is 0. The molecule has 194 valence electrons. The molecule has 2 nitrogen and oxygen atoms in total. The van der Waals surface area contributed by atoms with Gasteiger partial charge in [-0.3, -0.25) is 0 Å². The van der Waals surface area contributed by atoms with Crippen molar-refractivity contribution in [1.82, 2.24) is 0 Å². The Bertz CT molecular complexity index is 526. The van der Waals surface area contributed by atoms with E-state index in [9.17, 15) is 66.6 Å². The van der Waals surface area contributed by atoms with Gasteiger partial charge in [0.25, 0.3) is 11.3 Å². The van der Waals surface area contributed by atoms with Crippen molar-refractivity contribution >= 4 is 11.8 Å². The van der Waals surface area contributed by atoms with Crippen molar-refractivity contribution < 1.29 is 71.3 Å². The standard InChI is InChI=1S/C15H18F14O2S/c16-10(12(18,19)20,13(21,22)23)3-1-2-5-31-7-9(30)8-32-6-4-11(17,14(24,25)26)15(27,28)29/h9,30H,1-8H2. The van der Waals surface area contributed by atoms with Crippen molar-refractivity contribution in [2.75, 3.05) is 24.7 Å². The third-order valence-electron chi connectivity index (χ3n) is 4.07. The second-order valence-electron chi connectivity index (χ2n) is 6.60. The highest BCUT2D eigenvalue weighted by Gasteiger charge is 2.72. The number of aliphatic hydroxyl groups is 1. The van der Waals surface area contributed by atoms with Crippen molar-refractivity contribution in [2.45, 2.75) is 67.8 Å². The second kappa shape index (κ2) is 11.1. The first-order chi connectivity index (χ1) is 14.1. The monoisotopic (exact) mass is 528 g/mol. The predicted octanol–water partition coefficient (Wildman–Crippen LogP) is 6.32. The third kappa shape index (κ3) is 8.25. The van der Waals surface area contributed by atoms with E-state index in [0.29, 0.717) is 11.8 Å². The molecular formula is C15H18F14O2S. The number of aliphatic hydroxyl groups excluding tert-OH is 1. The molecule has 0 aliphatic rings. The minimum Gasteiger partial charge on any atom is -0.390 e. The summed E-state index contributed by atoms with van der Waals surface area (Å²) in [5, 5.41) is 9.46. The molecule has 17 heteroatoms. The molecule has 0 aliphatic carbocycles. The Labute approximate surface area is 176 Å². The van der Waals surface area contributed by atoms with Crippen LogP contribution in [0.4, 0.5) is 61.5 Å². The molecule has 0 radical (unpaired) electrons. The topological polar surface area (TPSA) is 29.5 Å². The van der Waals surface area contributed by atoms with Crippen LogP contribution in [0.15, 0.2) is 0 Å². The minimum atomic E-state index is -6.21. The van der Waals surface area contributed by atoms with E-state index in [0.717, 1.165) is 0 Å². The van der Waals surface area contributed by atoms with Crippen molar-refractivity contribution in [3.05, 3.63) is 0 Å². The molecule has 0 aromatic heterocycles. The number of ether oxygens (including phenoxy) is 1. The van der Waals surface area contributed by atoms with Crippen LogP contribution in [0.5, 0.6) is 0 Å². The minimum absolute atomic E-state index is 0.328. The molecular weight excluding hydrogens is 510 g/mol. The predicted molar refractivity (Wildman–Crippen MR) is 84.5 cm³/mol. The Morgan fingerprint density at radius 3 is 1.44 bits per heavy atom. The quantitative estimate of drug-likeness (QED) is 0.238. The maximum atomic E-state index is 13.4. The maximum Gasteiger partial charge on any atom is 0.431 e. The lowest BCUT2D eigenvalue weighted by atomic mass is 9.97. The zero-order chi connectivity index (χ0) is 25.6. The number of thioether (sulfide) groups is 1. The van der Waals surface area contributed by atoms with Crippen molar-refractivity contribution in [3.8, 4) is 0 Å². The van der Waals surface area contributed by atoms with E-state index in [1.807, 2.05) is 0 Å². The molecule has 0 saturated heterocycles. The molecule has 1 atom stereocenters. The van der Waals surface area contributed by atoms with E-state index < -0.39 is 92.5 Å². The summed E-state index contributed by atoms with van der Waals surface area (Å²) in [6.45, 7) is -1.13. The van der Waals surface area contributed by atoms with Gasteiger partial charge < -0.3 is 9.84 Å². The summed E-state index contributed by atoms with van der Waals surface area (Å²) in [7, 11) is 0. The van der Waals surface area contributed by atoms with Gasteiger partial charge in [-0.05, 0) is 25.0 Å². The first-order valence-corrected chi connectivity index (χ1v) is 9.74. The second-order valence-corrected chi connectivity index (χ2v) is 7.75. The molecule has 0 saturated carbocycles. The van der Waals surface area contributed by atoms with Crippen molar-refractivity contribution in [1.29, 1.82) is 0 Å². The highest BCUT2D eigenvalue weighted by Crippen LogP contribution is 2.50. The highest BCUT2D eigenvalue weighted by atomic mass is 32.2. The fourth-order valence-corrected chi connectivity index (χ4v) is 3.12. The molecule has 0 aromatic rings. The van der Waals surface area contributed by atoms with Crippen molar-refractivity contribution in [3.63, 3.8) is 0 Å². The molecule has 0 amide bonds. The lowest BCUT2D eigenvalue weighted by molar-refractivity contribution is -0.343. The van der Waals surface area contributed by atoms with Crippen LogP contribution in [-0.2, 0) is 4.74 Å². The summed E-state index contributed by atoms with van der Waals surface area (Å²) in [6.07, 6.45) is -31.5. The van der Waals surface area contributed by atoms with E-state index in [4.69, 9.17) is 4.74 Å². The van der Waals surface area contributed by atoms with Gasteiger partial charge >= 0.3 is 24.7 Å². The molecule has 0 spiro atoms. The summed E-state index contributed by atoms with van der Waals surface area (Å²) in [5.74, 6) is -1.48. The first-order valence-electron chi connectivity index (χ1n) is 8.58. The summed E-state index contributed by atoms with van der Waals surface area (Å²) in [6, 6.07) is 0. The normalized spacial score (nSPS) is 15.8. The van der Waals surface area contributed by atoms with Gasteiger partial charge in [0.2, 0.25) is 0 Å². The lowest BCUT2D eigenvalue weighted by Gasteiger charge is -2.30. The van der Waals surface area contributed by atoms with E-state index in [2.05, 4.69) is 0 Å². The van der Waals surface area contributed by atoms with Gasteiger partial charge in [0.05, 0.1) is 12.7 Å². The number of halogens is 14. The van der Waals surface area contributed by atoms with E-state index in [1.54, 1.807) is 0 Å². The molecule has 0 aromatic carbocycles. The summed E-state index contributed by atoms with van der Waals surface area (Å²) >= 11 is 0.328. The fraction of sp³-hybridized carbons (Fsp3) is 1.00. The molecule has 1 unspecified atom stereocenters. The maximum absolute atomic E-state index is 13.4. The van der Waals surface area contributed by atoms with Gasteiger partial charge in [-0.25, -0.2) is 8.78 Å². The van der Waals surface area contributed by atoms with Gasteiger partial charge in [0.15, 0.2) is 0 Å². The van der Waals surface area contributed by atoms with Crippen LogP contribution in [0.1, 0.15) is 25.7 Å². The van der Waals surface area contributed by atoms with Crippen LogP contribution < -0.4 is 0 Å². The van der Waals surface area contributed by atoms with Gasteiger partial charge in [0, 0.05) is 18.8 Å². The number of alkyl halides is 14. The Hall–Kier alpha value is -0.710. The van der Waals surface area contributed by atoms with Crippen LogP contribution in [0.25, 0.3) is 0 Å². The zero-order valence-corrected chi connectivity index (χ0v) is 16.6. The molecule has 32 heavy (non-hydrogen) atoms. The molecule has 0 aliphatic heterocycles. The first kappa shape index (κ1) is 31.3. The molecule has 0 rings (SSSR count). The lowest BCUT2D eigenvalue weighted by Crippen LogP contribution is -2.53. The van der Waals surface area contributed by atoms with Crippen molar-refractivity contribution in [2.24, 2.45) is 0 Å². The van der Waals surface area contributed by atoms with Crippen LogP contribution in [0.3, 0.4) is 0 Å². The number of rotatable bonds is 12. The highest BCUT2D eigenvalue weighted by molar-refractivity contribution is 7.99. The fourth-order valence-electron chi connectivity index (χ4n) is 2.16. The molecule has 0 fully saturated rings.